The summed E-state index contributed by atoms with van der Waals surface area (Å²) in [5, 5.41) is 0. The molecule has 0 saturated heterocycles. The van der Waals surface area contributed by atoms with Gasteiger partial charge in [0.05, 0.1) is 11.0 Å². The quantitative estimate of drug-likeness (QED) is 0.740. The fraction of sp³-hybridized carbons (Fsp3) is 0.588. The summed E-state index contributed by atoms with van der Waals surface area (Å²) in [7, 11) is 0. The Kier molecular flexibility index (Phi) is 4.43. The molecule has 20 heavy (non-hydrogen) atoms. The van der Waals surface area contributed by atoms with Crippen LogP contribution in [0.3, 0.4) is 0 Å². The molecule has 2 aromatic rings. The van der Waals surface area contributed by atoms with Crippen molar-refractivity contribution in [3.63, 3.8) is 0 Å². The second kappa shape index (κ2) is 5.77. The Hall–Kier alpha value is -1.02. The lowest BCUT2D eigenvalue weighted by molar-refractivity contribution is 0.233. The minimum absolute atomic E-state index is 0.290. The number of aromatic nitrogens is 2. The van der Waals surface area contributed by atoms with Crippen LogP contribution in [0.25, 0.3) is 11.0 Å². The molecule has 1 heterocycles. The van der Waals surface area contributed by atoms with Crippen LogP contribution in [-0.4, -0.2) is 15.4 Å². The van der Waals surface area contributed by atoms with Gasteiger partial charge in [0.2, 0.25) is 0 Å². The number of nitrogens with zero attached hydrogens (tertiary/aromatic N) is 2. The van der Waals surface area contributed by atoms with E-state index in [0.717, 1.165) is 24.3 Å². The molecule has 0 aliphatic rings. The van der Waals surface area contributed by atoms with Gasteiger partial charge in [-0.25, -0.2) is 4.98 Å². The largest absolute Gasteiger partial charge is 0.328 e. The highest BCUT2D eigenvalue weighted by Gasteiger charge is 2.22. The molecule has 0 spiro atoms. The van der Waals surface area contributed by atoms with E-state index in [4.69, 9.17) is 16.6 Å². The van der Waals surface area contributed by atoms with E-state index in [2.05, 4.69) is 57.4 Å². The fourth-order valence-electron chi connectivity index (χ4n) is 2.36. The SMILES string of the molecule is Cc1cccc2c1nc(CCCl)n2CC(C)C(C)(C)C. The van der Waals surface area contributed by atoms with Gasteiger partial charge in [0, 0.05) is 18.8 Å². The highest BCUT2D eigenvalue weighted by Crippen LogP contribution is 2.29. The summed E-state index contributed by atoms with van der Waals surface area (Å²) in [6, 6.07) is 6.40. The van der Waals surface area contributed by atoms with E-state index in [1.54, 1.807) is 0 Å². The van der Waals surface area contributed by atoms with E-state index in [1.165, 1.54) is 11.1 Å². The zero-order valence-corrected chi connectivity index (χ0v) is 14.0. The van der Waals surface area contributed by atoms with Crippen molar-refractivity contribution in [2.45, 2.75) is 47.6 Å². The van der Waals surface area contributed by atoms with Gasteiger partial charge in [-0.05, 0) is 29.9 Å². The first-order valence-corrected chi connectivity index (χ1v) is 7.88. The van der Waals surface area contributed by atoms with Crippen LogP contribution in [0.2, 0.25) is 0 Å². The van der Waals surface area contributed by atoms with Crippen LogP contribution in [0.1, 0.15) is 39.1 Å². The van der Waals surface area contributed by atoms with Crippen molar-refractivity contribution < 1.29 is 0 Å². The Morgan fingerprint density at radius 2 is 2.00 bits per heavy atom. The molecule has 0 radical (unpaired) electrons. The molecule has 0 saturated carbocycles. The first-order valence-electron chi connectivity index (χ1n) is 7.35. The van der Waals surface area contributed by atoms with Crippen LogP contribution >= 0.6 is 11.6 Å². The van der Waals surface area contributed by atoms with Gasteiger partial charge in [-0.1, -0.05) is 39.8 Å². The molecule has 0 aliphatic carbocycles. The first-order chi connectivity index (χ1) is 9.34. The number of benzene rings is 1. The smallest absolute Gasteiger partial charge is 0.111 e. The maximum Gasteiger partial charge on any atom is 0.111 e. The van der Waals surface area contributed by atoms with Crippen LogP contribution in [0.5, 0.6) is 0 Å². The highest BCUT2D eigenvalue weighted by molar-refractivity contribution is 6.17. The number of hydrogen-bond donors (Lipinski definition) is 0. The van der Waals surface area contributed by atoms with Gasteiger partial charge in [-0.3, -0.25) is 0 Å². The Morgan fingerprint density at radius 3 is 2.60 bits per heavy atom. The molecule has 1 aromatic heterocycles. The minimum Gasteiger partial charge on any atom is -0.328 e. The Bertz CT molecular complexity index is 593. The number of aryl methyl sites for hydroxylation is 2. The van der Waals surface area contributed by atoms with Crippen LogP contribution in [0, 0.1) is 18.3 Å². The maximum absolute atomic E-state index is 5.95. The van der Waals surface area contributed by atoms with Crippen LogP contribution < -0.4 is 0 Å². The molecule has 1 unspecified atom stereocenters. The van der Waals surface area contributed by atoms with Gasteiger partial charge < -0.3 is 4.57 Å². The number of rotatable bonds is 4. The lowest BCUT2D eigenvalue weighted by Gasteiger charge is -2.28. The van der Waals surface area contributed by atoms with Crippen LogP contribution in [0.15, 0.2) is 18.2 Å². The average Bonchev–Trinajstić information content (AvgIpc) is 2.69. The summed E-state index contributed by atoms with van der Waals surface area (Å²) >= 11 is 5.95. The molecule has 0 aliphatic heterocycles. The minimum atomic E-state index is 0.290. The van der Waals surface area contributed by atoms with Gasteiger partial charge >= 0.3 is 0 Å². The summed E-state index contributed by atoms with van der Waals surface area (Å²) in [5.74, 6) is 2.31. The Morgan fingerprint density at radius 1 is 1.30 bits per heavy atom. The highest BCUT2D eigenvalue weighted by atomic mass is 35.5. The van der Waals surface area contributed by atoms with Crippen molar-refractivity contribution in [1.29, 1.82) is 0 Å². The number of alkyl halides is 1. The van der Waals surface area contributed by atoms with Crippen molar-refractivity contribution in [1.82, 2.24) is 9.55 Å². The molecular formula is C17H25ClN2. The van der Waals surface area contributed by atoms with Gasteiger partial charge in [0.25, 0.3) is 0 Å². The average molecular weight is 293 g/mol. The third kappa shape index (κ3) is 3.01. The van der Waals surface area contributed by atoms with Crippen LogP contribution in [-0.2, 0) is 13.0 Å². The third-order valence-corrected chi connectivity index (χ3v) is 4.50. The molecule has 0 amide bonds. The van der Waals surface area contributed by atoms with Crippen molar-refractivity contribution in [3.05, 3.63) is 29.6 Å². The number of imidazole rings is 1. The molecule has 110 valence electrons. The molecule has 1 atom stereocenters. The molecule has 0 fully saturated rings. The van der Waals surface area contributed by atoms with Crippen LogP contribution in [0.4, 0.5) is 0 Å². The van der Waals surface area contributed by atoms with Crippen molar-refractivity contribution in [2.24, 2.45) is 11.3 Å². The second-order valence-electron chi connectivity index (χ2n) is 6.79. The molecule has 2 nitrogen and oxygen atoms in total. The van der Waals surface area contributed by atoms with E-state index < -0.39 is 0 Å². The second-order valence-corrected chi connectivity index (χ2v) is 7.17. The fourth-order valence-corrected chi connectivity index (χ4v) is 2.53. The van der Waals surface area contributed by atoms with E-state index in [9.17, 15) is 0 Å². The first kappa shape index (κ1) is 15.4. The molecule has 0 bridgehead atoms. The summed E-state index contributed by atoms with van der Waals surface area (Å²) in [6.45, 7) is 12.3. The third-order valence-electron chi connectivity index (χ3n) is 4.31. The van der Waals surface area contributed by atoms with E-state index >= 15 is 0 Å². The summed E-state index contributed by atoms with van der Waals surface area (Å²) in [6.07, 6.45) is 0.826. The zero-order valence-electron chi connectivity index (χ0n) is 13.2. The van der Waals surface area contributed by atoms with Crippen molar-refractivity contribution in [3.8, 4) is 0 Å². The monoisotopic (exact) mass is 292 g/mol. The predicted octanol–water partition coefficient (Wildman–Crippen LogP) is 4.81. The molecule has 1 aromatic carbocycles. The van der Waals surface area contributed by atoms with Crippen molar-refractivity contribution in [2.75, 3.05) is 5.88 Å². The molecule has 3 heteroatoms. The van der Waals surface area contributed by atoms with Gasteiger partial charge in [-0.15, -0.1) is 11.6 Å². The molecular weight excluding hydrogens is 268 g/mol. The van der Waals surface area contributed by atoms with Gasteiger partial charge in [0.1, 0.15) is 5.82 Å². The molecule has 0 N–H and O–H groups in total. The topological polar surface area (TPSA) is 17.8 Å². The molecule has 2 rings (SSSR count). The Balaban J connectivity index is 2.49. The van der Waals surface area contributed by atoms with E-state index in [-0.39, 0.29) is 0 Å². The van der Waals surface area contributed by atoms with E-state index in [1.807, 2.05) is 0 Å². The normalized spacial score (nSPS) is 13.9. The van der Waals surface area contributed by atoms with E-state index in [0.29, 0.717) is 17.2 Å². The van der Waals surface area contributed by atoms with Crippen molar-refractivity contribution >= 4 is 22.6 Å². The number of hydrogen-bond acceptors (Lipinski definition) is 1. The summed E-state index contributed by atoms with van der Waals surface area (Å²) in [5.41, 5.74) is 3.88. The standard InChI is InChI=1S/C17H25ClN2/c1-12-7-6-8-14-16(12)19-15(9-10-18)20(14)11-13(2)17(3,4)5/h6-8,13H,9-11H2,1-5H3. The number of para-hydroxylation sites is 1. The Labute approximate surface area is 127 Å². The van der Waals surface area contributed by atoms with Gasteiger partial charge in [0.15, 0.2) is 0 Å². The number of halogens is 1. The summed E-state index contributed by atoms with van der Waals surface area (Å²) in [4.78, 5) is 4.82. The number of fused-ring (bicyclic) bond motifs is 1. The zero-order chi connectivity index (χ0) is 14.9. The lowest BCUT2D eigenvalue weighted by Crippen LogP contribution is -2.23. The van der Waals surface area contributed by atoms with Gasteiger partial charge in [-0.2, -0.15) is 0 Å². The maximum atomic E-state index is 5.95. The predicted molar refractivity (Wildman–Crippen MR) is 87.5 cm³/mol. The summed E-state index contributed by atoms with van der Waals surface area (Å²) < 4.78 is 2.36. The lowest BCUT2D eigenvalue weighted by atomic mass is 9.82.